The number of rotatable bonds is 4. The summed E-state index contributed by atoms with van der Waals surface area (Å²) in [5.41, 5.74) is 12.1. The van der Waals surface area contributed by atoms with Crippen LogP contribution in [0.3, 0.4) is 0 Å². The van der Waals surface area contributed by atoms with E-state index in [0.717, 1.165) is 70.0 Å². The first-order chi connectivity index (χ1) is 15.4. The Bertz CT molecular complexity index is 1270. The molecule has 2 aliphatic carbocycles. The van der Waals surface area contributed by atoms with Crippen molar-refractivity contribution in [3.8, 4) is 0 Å². The molecule has 0 saturated carbocycles. The Morgan fingerprint density at radius 1 is 1.12 bits per heavy atom. The van der Waals surface area contributed by atoms with Gasteiger partial charge in [0.25, 0.3) is 5.89 Å². The van der Waals surface area contributed by atoms with Crippen LogP contribution < -0.4 is 5.73 Å². The number of allylic oxidation sites excluding steroid dienone is 8. The molecule has 0 bridgehead atoms. The minimum absolute atomic E-state index is 0.0367. The van der Waals surface area contributed by atoms with Crippen LogP contribution in [0.15, 0.2) is 48.4 Å². The quantitative estimate of drug-likeness (QED) is 0.729. The molecule has 2 N–H and O–H groups in total. The third-order valence-corrected chi connectivity index (χ3v) is 6.24. The number of amides is 1. The first-order valence-corrected chi connectivity index (χ1v) is 10.9. The monoisotopic (exact) mass is 451 g/mol. The number of aliphatic imine (C=N–C) groups is 1. The lowest BCUT2D eigenvalue weighted by molar-refractivity contribution is -0.118. The topological polar surface area (TPSA) is 120 Å². The largest absolute Gasteiger partial charge is 0.370 e. The zero-order chi connectivity index (χ0) is 22.4. The van der Waals surface area contributed by atoms with E-state index in [9.17, 15) is 4.79 Å². The minimum atomic E-state index is -0.547. The summed E-state index contributed by atoms with van der Waals surface area (Å²) < 4.78 is 11.1. The number of primary amides is 1. The molecular formula is C23H22ClN5O3. The number of carbonyl (C=O) groups excluding carboxylic acids is 1. The van der Waals surface area contributed by atoms with Gasteiger partial charge in [0.2, 0.25) is 5.91 Å². The van der Waals surface area contributed by atoms with E-state index in [-0.39, 0.29) is 6.42 Å². The van der Waals surface area contributed by atoms with Crippen molar-refractivity contribution < 1.29 is 13.8 Å². The summed E-state index contributed by atoms with van der Waals surface area (Å²) in [5.74, 6) is 1.23. The molecule has 0 fully saturated rings. The maximum atomic E-state index is 11.9. The summed E-state index contributed by atoms with van der Waals surface area (Å²) in [5, 5.41) is 8.92. The van der Waals surface area contributed by atoms with Gasteiger partial charge in [0.05, 0.1) is 17.8 Å². The van der Waals surface area contributed by atoms with Gasteiger partial charge in [-0.2, -0.15) is 4.98 Å². The van der Waals surface area contributed by atoms with Crippen molar-refractivity contribution in [2.45, 2.75) is 52.0 Å². The minimum Gasteiger partial charge on any atom is -0.370 e. The molecule has 1 aliphatic heterocycles. The highest BCUT2D eigenvalue weighted by Gasteiger charge is 2.34. The average molecular weight is 452 g/mol. The fraction of sp³-hybridized carbons (Fsp3) is 0.348. The molecule has 164 valence electrons. The maximum Gasteiger partial charge on any atom is 0.253 e. The van der Waals surface area contributed by atoms with Crippen molar-refractivity contribution in [2.75, 3.05) is 0 Å². The van der Waals surface area contributed by atoms with Crippen molar-refractivity contribution in [3.05, 3.63) is 63.1 Å². The fourth-order valence-electron chi connectivity index (χ4n) is 4.45. The SMILES string of the molecule is Cc1noc(C2=CC3=C(CC2)c2c(C)noc2[C@H](CC(N)=O)N=C3C2=CC=C(Cl)CC2)n1. The number of aryl methyl sites for hydroxylation is 2. The smallest absolute Gasteiger partial charge is 0.253 e. The number of fused-ring (bicyclic) bond motifs is 2. The van der Waals surface area contributed by atoms with Crippen LogP contribution in [-0.2, 0) is 4.79 Å². The summed E-state index contributed by atoms with van der Waals surface area (Å²) in [4.78, 5) is 21.3. The van der Waals surface area contributed by atoms with Gasteiger partial charge in [0.1, 0.15) is 6.04 Å². The van der Waals surface area contributed by atoms with Gasteiger partial charge >= 0.3 is 0 Å². The molecule has 2 aromatic heterocycles. The Morgan fingerprint density at radius 3 is 2.62 bits per heavy atom. The van der Waals surface area contributed by atoms with Crippen molar-refractivity contribution in [3.63, 3.8) is 0 Å². The van der Waals surface area contributed by atoms with Crippen LogP contribution in [0.1, 0.15) is 66.9 Å². The number of aromatic nitrogens is 3. The van der Waals surface area contributed by atoms with E-state index in [1.807, 2.05) is 19.1 Å². The molecule has 32 heavy (non-hydrogen) atoms. The lowest BCUT2D eigenvalue weighted by atomic mass is 9.82. The lowest BCUT2D eigenvalue weighted by Crippen LogP contribution is -2.16. The van der Waals surface area contributed by atoms with Crippen LogP contribution in [0.2, 0.25) is 0 Å². The van der Waals surface area contributed by atoms with Gasteiger partial charge in [-0.25, -0.2) is 0 Å². The van der Waals surface area contributed by atoms with E-state index >= 15 is 0 Å². The summed E-state index contributed by atoms with van der Waals surface area (Å²) in [6.45, 7) is 3.70. The van der Waals surface area contributed by atoms with Gasteiger partial charge in [-0.1, -0.05) is 28.0 Å². The van der Waals surface area contributed by atoms with Gasteiger partial charge in [-0.15, -0.1) is 0 Å². The second-order valence-corrected chi connectivity index (χ2v) is 8.67. The Morgan fingerprint density at radius 2 is 1.94 bits per heavy atom. The average Bonchev–Trinajstić information content (AvgIpc) is 3.33. The zero-order valence-corrected chi connectivity index (χ0v) is 18.6. The van der Waals surface area contributed by atoms with E-state index in [1.165, 1.54) is 0 Å². The van der Waals surface area contributed by atoms with E-state index in [1.54, 1.807) is 6.92 Å². The van der Waals surface area contributed by atoms with Crippen LogP contribution in [-0.4, -0.2) is 26.9 Å². The lowest BCUT2D eigenvalue weighted by Gasteiger charge is -2.21. The third kappa shape index (κ3) is 3.64. The molecule has 8 nitrogen and oxygen atoms in total. The van der Waals surface area contributed by atoms with Crippen molar-refractivity contribution in [1.82, 2.24) is 15.3 Å². The standard InChI is InChI=1S/C23H22ClN5O3/c1-11-20-16-8-5-14(23-26-12(2)29-32-23)9-17(16)21(13-3-6-15(24)7-4-13)27-18(10-19(25)30)22(20)31-28-11/h3,6,9,18H,4-5,7-8,10H2,1-2H3,(H2,25,30)/t18-/m0/s1. The van der Waals surface area contributed by atoms with Crippen LogP contribution in [0.25, 0.3) is 11.1 Å². The van der Waals surface area contributed by atoms with Crippen LogP contribution in [0.4, 0.5) is 0 Å². The maximum absolute atomic E-state index is 11.9. The molecule has 0 radical (unpaired) electrons. The number of nitrogens with two attached hydrogens (primary N) is 1. The molecule has 9 heteroatoms. The molecule has 1 amide bonds. The Labute approximate surface area is 189 Å². The van der Waals surface area contributed by atoms with Gasteiger partial charge in [-0.3, -0.25) is 9.79 Å². The first kappa shape index (κ1) is 20.6. The van der Waals surface area contributed by atoms with Gasteiger partial charge < -0.3 is 14.8 Å². The van der Waals surface area contributed by atoms with Crippen LogP contribution in [0, 0.1) is 13.8 Å². The van der Waals surface area contributed by atoms with Gasteiger partial charge in [0.15, 0.2) is 11.6 Å². The molecule has 0 spiro atoms. The highest BCUT2D eigenvalue weighted by molar-refractivity contribution is 6.30. The molecule has 0 saturated heterocycles. The van der Waals surface area contributed by atoms with E-state index < -0.39 is 11.9 Å². The molecule has 0 aromatic carbocycles. The first-order valence-electron chi connectivity index (χ1n) is 10.5. The highest BCUT2D eigenvalue weighted by Crippen LogP contribution is 2.45. The number of carbonyl (C=O) groups is 1. The fourth-order valence-corrected chi connectivity index (χ4v) is 4.61. The molecule has 5 rings (SSSR count). The molecule has 3 heterocycles. The summed E-state index contributed by atoms with van der Waals surface area (Å²) >= 11 is 6.21. The van der Waals surface area contributed by atoms with Gasteiger partial charge in [-0.05, 0) is 62.8 Å². The second kappa shape index (κ2) is 8.02. The highest BCUT2D eigenvalue weighted by atomic mass is 35.5. The zero-order valence-electron chi connectivity index (χ0n) is 17.8. The molecule has 3 aliphatic rings. The van der Waals surface area contributed by atoms with Crippen molar-refractivity contribution >= 4 is 34.4 Å². The van der Waals surface area contributed by atoms with Crippen LogP contribution >= 0.6 is 11.6 Å². The predicted octanol–water partition coefficient (Wildman–Crippen LogP) is 4.52. The number of halogens is 1. The molecule has 0 unspecified atom stereocenters. The Hall–Kier alpha value is -3.26. The summed E-state index contributed by atoms with van der Waals surface area (Å²) in [6.07, 6.45) is 8.93. The Balaban J connectivity index is 1.73. The second-order valence-electron chi connectivity index (χ2n) is 8.19. The predicted molar refractivity (Wildman–Crippen MR) is 120 cm³/mol. The number of hydrogen-bond acceptors (Lipinski definition) is 7. The third-order valence-electron chi connectivity index (χ3n) is 5.92. The molecule has 1 atom stereocenters. The van der Waals surface area contributed by atoms with E-state index in [2.05, 4.69) is 21.4 Å². The number of nitrogens with zero attached hydrogens (tertiary/aromatic N) is 4. The van der Waals surface area contributed by atoms with Crippen LogP contribution in [0.5, 0.6) is 0 Å². The van der Waals surface area contributed by atoms with Crippen molar-refractivity contribution in [2.24, 2.45) is 10.7 Å². The molecule has 2 aromatic rings. The number of hydrogen-bond donors (Lipinski definition) is 1. The van der Waals surface area contributed by atoms with Crippen molar-refractivity contribution in [1.29, 1.82) is 0 Å². The van der Waals surface area contributed by atoms with E-state index in [4.69, 9.17) is 31.4 Å². The summed E-state index contributed by atoms with van der Waals surface area (Å²) in [6, 6.07) is -0.547. The summed E-state index contributed by atoms with van der Waals surface area (Å²) in [7, 11) is 0. The molecular weight excluding hydrogens is 430 g/mol. The van der Waals surface area contributed by atoms with Gasteiger partial charge in [0, 0.05) is 21.7 Å². The van der Waals surface area contributed by atoms with E-state index in [0.29, 0.717) is 17.5 Å². The normalized spacial score (nSPS) is 20.5. The Kier molecular flexibility index (Phi) is 5.17.